The van der Waals surface area contributed by atoms with Crippen LogP contribution < -0.4 is 4.90 Å². The largest absolute Gasteiger partial charge is 0.308 e. The smallest absolute Gasteiger partial charge is 0.260 e. The summed E-state index contributed by atoms with van der Waals surface area (Å²) in [6.07, 6.45) is 0. The number of para-hydroxylation sites is 1. The van der Waals surface area contributed by atoms with E-state index < -0.39 is 0 Å². The lowest BCUT2D eigenvalue weighted by atomic mass is 10.2. The molecule has 4 nitrogen and oxygen atoms in total. The molecule has 0 N–H and O–H groups in total. The second-order valence-electron chi connectivity index (χ2n) is 5.85. The Labute approximate surface area is 154 Å². The second-order valence-corrected chi connectivity index (χ2v) is 7.27. The molecule has 3 aromatic rings. The van der Waals surface area contributed by atoms with E-state index in [0.29, 0.717) is 34.3 Å². The Bertz CT molecular complexity index is 895. The summed E-state index contributed by atoms with van der Waals surface area (Å²) in [6, 6.07) is 11.1. The number of anilines is 1. The molecule has 0 aliphatic heterocycles. The molecule has 1 amide bonds. The molecule has 0 bridgehead atoms. The number of thiazole rings is 1. The van der Waals surface area contributed by atoms with Gasteiger partial charge in [-0.15, -0.1) is 0 Å². The lowest BCUT2D eigenvalue weighted by molar-refractivity contribution is 0.0985. The van der Waals surface area contributed by atoms with Crippen LogP contribution in [0.25, 0.3) is 10.2 Å². The summed E-state index contributed by atoms with van der Waals surface area (Å²) in [7, 11) is 3.88. The van der Waals surface area contributed by atoms with E-state index in [0.717, 1.165) is 4.70 Å². The van der Waals surface area contributed by atoms with Crippen molar-refractivity contribution in [3.05, 3.63) is 58.9 Å². The van der Waals surface area contributed by atoms with Gasteiger partial charge in [-0.3, -0.25) is 9.69 Å². The third-order valence-corrected chi connectivity index (χ3v) is 5.05. The summed E-state index contributed by atoms with van der Waals surface area (Å²) >= 11 is 7.62. The number of amides is 1. The first kappa shape index (κ1) is 17.8. The number of likely N-dealkylation sites (N-methyl/N-ethyl adjacent to an activating group) is 1. The van der Waals surface area contributed by atoms with Gasteiger partial charge in [0.15, 0.2) is 5.13 Å². The molecular weight excluding hydrogens is 361 g/mol. The van der Waals surface area contributed by atoms with Crippen LogP contribution in [0.15, 0.2) is 42.5 Å². The third kappa shape index (κ3) is 3.98. The lowest BCUT2D eigenvalue weighted by Crippen LogP contribution is -2.36. The maximum Gasteiger partial charge on any atom is 0.260 e. The Morgan fingerprint density at radius 1 is 1.16 bits per heavy atom. The number of benzene rings is 2. The van der Waals surface area contributed by atoms with Gasteiger partial charge in [0.1, 0.15) is 11.3 Å². The van der Waals surface area contributed by atoms with Crippen LogP contribution in [0.4, 0.5) is 9.52 Å². The second kappa shape index (κ2) is 7.47. The average Bonchev–Trinajstić information content (AvgIpc) is 3.00. The van der Waals surface area contributed by atoms with Crippen LogP contribution in [0.5, 0.6) is 0 Å². The molecule has 130 valence electrons. The van der Waals surface area contributed by atoms with Crippen molar-refractivity contribution in [3.63, 3.8) is 0 Å². The van der Waals surface area contributed by atoms with Gasteiger partial charge < -0.3 is 4.90 Å². The van der Waals surface area contributed by atoms with Crippen molar-refractivity contribution in [2.75, 3.05) is 32.1 Å². The molecule has 0 fully saturated rings. The molecule has 0 saturated carbocycles. The summed E-state index contributed by atoms with van der Waals surface area (Å²) in [5.74, 6) is -0.583. The molecule has 0 saturated heterocycles. The van der Waals surface area contributed by atoms with Crippen LogP contribution in [-0.4, -0.2) is 43.0 Å². The monoisotopic (exact) mass is 377 g/mol. The summed E-state index contributed by atoms with van der Waals surface area (Å²) in [5.41, 5.74) is 1.11. The molecule has 0 atom stereocenters. The van der Waals surface area contributed by atoms with E-state index in [9.17, 15) is 9.18 Å². The number of hydrogen-bond donors (Lipinski definition) is 0. The van der Waals surface area contributed by atoms with Crippen molar-refractivity contribution in [2.24, 2.45) is 0 Å². The minimum absolute atomic E-state index is 0.211. The van der Waals surface area contributed by atoms with Crippen LogP contribution in [0.1, 0.15) is 10.4 Å². The highest BCUT2D eigenvalue weighted by atomic mass is 35.5. The van der Waals surface area contributed by atoms with Crippen molar-refractivity contribution < 1.29 is 9.18 Å². The van der Waals surface area contributed by atoms with Gasteiger partial charge in [0.25, 0.3) is 5.91 Å². The highest BCUT2D eigenvalue weighted by molar-refractivity contribution is 7.22. The van der Waals surface area contributed by atoms with E-state index in [-0.39, 0.29) is 11.7 Å². The fourth-order valence-electron chi connectivity index (χ4n) is 2.35. The fraction of sp³-hybridized carbons (Fsp3) is 0.222. The summed E-state index contributed by atoms with van der Waals surface area (Å²) < 4.78 is 14.1. The first-order valence-corrected chi connectivity index (χ1v) is 8.92. The van der Waals surface area contributed by atoms with E-state index in [2.05, 4.69) is 4.98 Å². The Balaban J connectivity index is 1.99. The number of hydrogen-bond acceptors (Lipinski definition) is 4. The lowest BCUT2D eigenvalue weighted by Gasteiger charge is -2.22. The summed E-state index contributed by atoms with van der Waals surface area (Å²) in [5, 5.41) is 1.14. The molecule has 1 heterocycles. The van der Waals surface area contributed by atoms with Crippen LogP contribution in [0.3, 0.4) is 0 Å². The number of aromatic nitrogens is 1. The minimum atomic E-state index is -0.372. The normalized spacial score (nSPS) is 11.2. The highest BCUT2D eigenvalue weighted by Gasteiger charge is 2.22. The SMILES string of the molecule is CN(C)CCN(C(=O)c1ccc(F)cc1)c1nc2c(Cl)cccc2s1. The molecule has 0 aliphatic rings. The van der Waals surface area contributed by atoms with Gasteiger partial charge in [-0.1, -0.05) is 29.0 Å². The van der Waals surface area contributed by atoms with E-state index in [4.69, 9.17) is 11.6 Å². The van der Waals surface area contributed by atoms with Crippen molar-refractivity contribution in [2.45, 2.75) is 0 Å². The Morgan fingerprint density at radius 2 is 1.88 bits per heavy atom. The van der Waals surface area contributed by atoms with E-state index in [1.165, 1.54) is 35.6 Å². The number of carbonyl (C=O) groups is 1. The summed E-state index contributed by atoms with van der Waals surface area (Å²) in [4.78, 5) is 21.1. The highest BCUT2D eigenvalue weighted by Crippen LogP contribution is 2.33. The van der Waals surface area contributed by atoms with Crippen molar-refractivity contribution in [1.29, 1.82) is 0 Å². The Morgan fingerprint density at radius 3 is 2.52 bits per heavy atom. The molecule has 1 aromatic heterocycles. The Kier molecular flexibility index (Phi) is 5.32. The van der Waals surface area contributed by atoms with Gasteiger partial charge >= 0.3 is 0 Å². The number of fused-ring (bicyclic) bond motifs is 1. The third-order valence-electron chi connectivity index (χ3n) is 3.70. The molecule has 0 aliphatic carbocycles. The molecule has 0 spiro atoms. The zero-order valence-electron chi connectivity index (χ0n) is 13.9. The molecule has 2 aromatic carbocycles. The number of carbonyl (C=O) groups excluding carboxylic acids is 1. The molecule has 25 heavy (non-hydrogen) atoms. The van der Waals surface area contributed by atoms with Crippen LogP contribution in [0, 0.1) is 5.82 Å². The van der Waals surface area contributed by atoms with Crippen LogP contribution >= 0.6 is 22.9 Å². The Hall–Kier alpha value is -2.02. The van der Waals surface area contributed by atoms with Gasteiger partial charge in [0.05, 0.1) is 9.72 Å². The predicted octanol–water partition coefficient (Wildman–Crippen LogP) is 4.30. The maximum atomic E-state index is 13.2. The molecular formula is C18H17ClFN3OS. The van der Waals surface area contributed by atoms with Gasteiger partial charge in [0.2, 0.25) is 0 Å². The van der Waals surface area contributed by atoms with Gasteiger partial charge in [-0.05, 0) is 50.5 Å². The van der Waals surface area contributed by atoms with E-state index in [1.807, 2.05) is 31.1 Å². The first-order valence-electron chi connectivity index (χ1n) is 7.73. The molecule has 0 unspecified atom stereocenters. The average molecular weight is 378 g/mol. The van der Waals surface area contributed by atoms with Gasteiger partial charge in [-0.2, -0.15) is 0 Å². The maximum absolute atomic E-state index is 13.2. The quantitative estimate of drug-likeness (QED) is 0.665. The van der Waals surface area contributed by atoms with Crippen LogP contribution in [-0.2, 0) is 0 Å². The summed E-state index contributed by atoms with van der Waals surface area (Å²) in [6.45, 7) is 1.15. The molecule has 7 heteroatoms. The van der Waals surface area contributed by atoms with Crippen molar-refractivity contribution >= 4 is 44.2 Å². The minimum Gasteiger partial charge on any atom is -0.308 e. The van der Waals surface area contributed by atoms with Crippen LogP contribution in [0.2, 0.25) is 5.02 Å². The molecule has 3 rings (SSSR count). The zero-order valence-corrected chi connectivity index (χ0v) is 15.4. The van der Waals surface area contributed by atoms with Gasteiger partial charge in [-0.25, -0.2) is 9.37 Å². The van der Waals surface area contributed by atoms with Crippen molar-refractivity contribution in [1.82, 2.24) is 9.88 Å². The topological polar surface area (TPSA) is 36.4 Å². The van der Waals surface area contributed by atoms with Crippen molar-refractivity contribution in [3.8, 4) is 0 Å². The number of halogens is 2. The zero-order chi connectivity index (χ0) is 18.0. The molecule has 0 radical (unpaired) electrons. The van der Waals surface area contributed by atoms with E-state index in [1.54, 1.807) is 11.0 Å². The first-order chi connectivity index (χ1) is 12.0. The standard InChI is InChI=1S/C18H17ClFN3OS/c1-22(2)10-11-23(17(24)12-6-8-13(20)9-7-12)18-21-16-14(19)4-3-5-15(16)25-18/h3-9H,10-11H2,1-2H3. The fourth-order valence-corrected chi connectivity index (χ4v) is 3.64. The number of rotatable bonds is 5. The predicted molar refractivity (Wildman–Crippen MR) is 101 cm³/mol. The number of nitrogens with zero attached hydrogens (tertiary/aromatic N) is 3. The van der Waals surface area contributed by atoms with Gasteiger partial charge in [0, 0.05) is 18.7 Å². The van der Waals surface area contributed by atoms with E-state index >= 15 is 0 Å².